The van der Waals surface area contributed by atoms with Gasteiger partial charge in [-0.3, -0.25) is 9.58 Å². The summed E-state index contributed by atoms with van der Waals surface area (Å²) in [5.74, 6) is 0.722. The minimum Gasteiger partial charge on any atom is -0.504 e. The molecule has 23 heavy (non-hydrogen) atoms. The van der Waals surface area contributed by atoms with E-state index >= 15 is 0 Å². The molecule has 1 N–H and O–H groups in total. The maximum Gasteiger partial charge on any atom is 0.160 e. The number of benzene rings is 1. The third kappa shape index (κ3) is 3.67. The van der Waals surface area contributed by atoms with Crippen molar-refractivity contribution in [1.82, 2.24) is 14.7 Å². The highest BCUT2D eigenvalue weighted by atomic mass is 16.5. The molecule has 2 heterocycles. The van der Waals surface area contributed by atoms with E-state index in [2.05, 4.69) is 16.1 Å². The van der Waals surface area contributed by atoms with Crippen molar-refractivity contribution in [2.75, 3.05) is 13.7 Å². The Hall–Kier alpha value is -2.01. The third-order valence-corrected chi connectivity index (χ3v) is 4.57. The number of ether oxygens (including phenoxy) is 1. The van der Waals surface area contributed by atoms with E-state index in [9.17, 15) is 5.11 Å². The van der Waals surface area contributed by atoms with Gasteiger partial charge in [0.1, 0.15) is 0 Å². The van der Waals surface area contributed by atoms with E-state index in [4.69, 9.17) is 4.74 Å². The van der Waals surface area contributed by atoms with Gasteiger partial charge in [-0.1, -0.05) is 18.9 Å². The molecule has 1 aliphatic rings. The van der Waals surface area contributed by atoms with Crippen LogP contribution in [0, 0.1) is 0 Å². The average Bonchev–Trinajstić information content (AvgIpc) is 2.84. The fourth-order valence-electron chi connectivity index (χ4n) is 3.36. The van der Waals surface area contributed by atoms with E-state index in [1.54, 1.807) is 13.2 Å². The topological polar surface area (TPSA) is 50.5 Å². The largest absolute Gasteiger partial charge is 0.504 e. The number of aromatic nitrogens is 2. The van der Waals surface area contributed by atoms with Crippen molar-refractivity contribution in [2.24, 2.45) is 7.05 Å². The fourth-order valence-corrected chi connectivity index (χ4v) is 3.36. The Morgan fingerprint density at radius 1 is 1.26 bits per heavy atom. The summed E-state index contributed by atoms with van der Waals surface area (Å²) in [6, 6.07) is 8.09. The van der Waals surface area contributed by atoms with Gasteiger partial charge in [0.25, 0.3) is 0 Å². The Bertz CT molecular complexity index is 653. The first kappa shape index (κ1) is 15.9. The number of likely N-dealkylation sites (tertiary alicyclic amines) is 1. The van der Waals surface area contributed by atoms with Gasteiger partial charge in [0.2, 0.25) is 0 Å². The van der Waals surface area contributed by atoms with E-state index in [-0.39, 0.29) is 5.75 Å². The standard InChI is InChI=1S/C18H25N3O2/c1-20-11-9-15(19-20)16-6-4-3-5-10-21(16)13-14-7-8-17(22)18(12-14)23-2/h7-9,11-12,16,22H,3-6,10,13H2,1-2H3/t16-/m0/s1. The molecule has 2 aromatic rings. The van der Waals surface area contributed by atoms with E-state index < -0.39 is 0 Å². The van der Waals surface area contributed by atoms with Crippen LogP contribution in [0.25, 0.3) is 0 Å². The molecule has 3 rings (SSSR count). The maximum atomic E-state index is 9.77. The number of phenols is 1. The monoisotopic (exact) mass is 315 g/mol. The number of aryl methyl sites for hydroxylation is 1. The summed E-state index contributed by atoms with van der Waals surface area (Å²) >= 11 is 0. The molecule has 0 amide bonds. The molecule has 5 heteroatoms. The lowest BCUT2D eigenvalue weighted by Crippen LogP contribution is -2.28. The van der Waals surface area contributed by atoms with Crippen molar-refractivity contribution in [3.8, 4) is 11.5 Å². The number of phenolic OH excluding ortho intramolecular Hbond substituents is 1. The normalized spacial score (nSPS) is 19.5. The van der Waals surface area contributed by atoms with Gasteiger partial charge in [-0.2, -0.15) is 5.10 Å². The molecule has 5 nitrogen and oxygen atoms in total. The molecule has 0 bridgehead atoms. The zero-order valence-corrected chi connectivity index (χ0v) is 13.9. The minimum atomic E-state index is 0.188. The number of hydrogen-bond acceptors (Lipinski definition) is 4. The molecule has 1 aliphatic heterocycles. The van der Waals surface area contributed by atoms with Crippen LogP contribution in [0.5, 0.6) is 11.5 Å². The van der Waals surface area contributed by atoms with Crippen molar-refractivity contribution in [3.05, 3.63) is 41.7 Å². The summed E-state index contributed by atoms with van der Waals surface area (Å²) in [5, 5.41) is 14.4. The quantitative estimate of drug-likeness (QED) is 0.941. The van der Waals surface area contributed by atoms with Crippen LogP contribution in [0.3, 0.4) is 0 Å². The molecule has 1 aromatic heterocycles. The highest BCUT2D eigenvalue weighted by molar-refractivity contribution is 5.41. The first-order valence-electron chi connectivity index (χ1n) is 8.27. The highest BCUT2D eigenvalue weighted by Crippen LogP contribution is 2.32. The molecule has 0 radical (unpaired) electrons. The molecule has 1 saturated heterocycles. The van der Waals surface area contributed by atoms with Crippen LogP contribution in [0.1, 0.15) is 43.0 Å². The lowest BCUT2D eigenvalue weighted by molar-refractivity contribution is 0.188. The SMILES string of the molecule is COc1cc(CN2CCCCC[C@H]2c2ccn(C)n2)ccc1O. The predicted octanol–water partition coefficient (Wildman–Crippen LogP) is 3.25. The smallest absolute Gasteiger partial charge is 0.160 e. The number of aromatic hydroxyl groups is 1. The first-order valence-corrected chi connectivity index (χ1v) is 8.27. The zero-order valence-electron chi connectivity index (χ0n) is 13.9. The van der Waals surface area contributed by atoms with Gasteiger partial charge in [0.05, 0.1) is 18.8 Å². The number of hydrogen-bond donors (Lipinski definition) is 1. The molecule has 1 aromatic carbocycles. The summed E-state index contributed by atoms with van der Waals surface area (Å²) in [6.45, 7) is 1.92. The zero-order chi connectivity index (χ0) is 16.2. The van der Waals surface area contributed by atoms with E-state index in [0.29, 0.717) is 11.8 Å². The van der Waals surface area contributed by atoms with Gasteiger partial charge in [-0.25, -0.2) is 0 Å². The molecule has 1 fully saturated rings. The summed E-state index contributed by atoms with van der Waals surface area (Å²) in [4.78, 5) is 2.50. The average molecular weight is 315 g/mol. The van der Waals surface area contributed by atoms with Gasteiger partial charge >= 0.3 is 0 Å². The van der Waals surface area contributed by atoms with Crippen LogP contribution in [-0.4, -0.2) is 33.4 Å². The molecule has 0 spiro atoms. The fraction of sp³-hybridized carbons (Fsp3) is 0.500. The van der Waals surface area contributed by atoms with E-state index in [1.807, 2.05) is 30.1 Å². The lowest BCUT2D eigenvalue weighted by atomic mass is 10.1. The van der Waals surface area contributed by atoms with Gasteiger partial charge in [0.15, 0.2) is 11.5 Å². The van der Waals surface area contributed by atoms with Crippen LogP contribution in [0.4, 0.5) is 0 Å². The summed E-state index contributed by atoms with van der Waals surface area (Å²) < 4.78 is 7.11. The van der Waals surface area contributed by atoms with Crippen LogP contribution in [0.2, 0.25) is 0 Å². The maximum absolute atomic E-state index is 9.77. The molecule has 0 aliphatic carbocycles. The lowest BCUT2D eigenvalue weighted by Gasteiger charge is -2.29. The summed E-state index contributed by atoms with van der Waals surface area (Å²) in [6.07, 6.45) is 6.90. The Labute approximate surface area is 137 Å². The molecular weight excluding hydrogens is 290 g/mol. The second-order valence-corrected chi connectivity index (χ2v) is 6.26. The van der Waals surface area contributed by atoms with E-state index in [0.717, 1.165) is 30.8 Å². The summed E-state index contributed by atoms with van der Waals surface area (Å²) in [7, 11) is 3.55. The molecule has 124 valence electrons. The second-order valence-electron chi connectivity index (χ2n) is 6.26. The molecular formula is C18H25N3O2. The van der Waals surface area contributed by atoms with Crippen molar-refractivity contribution in [3.63, 3.8) is 0 Å². The Morgan fingerprint density at radius 3 is 2.87 bits per heavy atom. The first-order chi connectivity index (χ1) is 11.2. The van der Waals surface area contributed by atoms with Crippen molar-refractivity contribution in [1.29, 1.82) is 0 Å². The van der Waals surface area contributed by atoms with Crippen molar-refractivity contribution >= 4 is 0 Å². The van der Waals surface area contributed by atoms with Crippen LogP contribution in [-0.2, 0) is 13.6 Å². The Balaban J connectivity index is 1.82. The number of methoxy groups -OCH3 is 1. The number of rotatable bonds is 4. The minimum absolute atomic E-state index is 0.188. The summed E-state index contributed by atoms with van der Waals surface area (Å²) in [5.41, 5.74) is 2.31. The third-order valence-electron chi connectivity index (χ3n) is 4.57. The Kier molecular flexibility index (Phi) is 4.86. The predicted molar refractivity (Wildman–Crippen MR) is 89.5 cm³/mol. The molecule has 0 unspecified atom stereocenters. The van der Waals surface area contributed by atoms with Crippen LogP contribution < -0.4 is 4.74 Å². The van der Waals surface area contributed by atoms with Gasteiger partial charge < -0.3 is 9.84 Å². The van der Waals surface area contributed by atoms with Gasteiger partial charge in [-0.15, -0.1) is 0 Å². The van der Waals surface area contributed by atoms with Gasteiger partial charge in [0, 0.05) is 19.8 Å². The molecule has 1 atom stereocenters. The highest BCUT2D eigenvalue weighted by Gasteiger charge is 2.24. The molecule has 0 saturated carbocycles. The van der Waals surface area contributed by atoms with E-state index in [1.165, 1.54) is 19.3 Å². The second kappa shape index (κ2) is 7.04. The number of nitrogens with zero attached hydrogens (tertiary/aromatic N) is 3. The van der Waals surface area contributed by atoms with Crippen LogP contribution >= 0.6 is 0 Å². The Morgan fingerprint density at radius 2 is 2.13 bits per heavy atom. The van der Waals surface area contributed by atoms with Crippen molar-refractivity contribution < 1.29 is 9.84 Å². The van der Waals surface area contributed by atoms with Gasteiger partial charge in [-0.05, 0) is 43.1 Å². The van der Waals surface area contributed by atoms with Crippen LogP contribution in [0.15, 0.2) is 30.5 Å². The van der Waals surface area contributed by atoms with Crippen molar-refractivity contribution in [2.45, 2.75) is 38.3 Å².